The Morgan fingerprint density at radius 3 is 2.83 bits per heavy atom. The summed E-state index contributed by atoms with van der Waals surface area (Å²) in [7, 11) is 3.51. The van der Waals surface area contributed by atoms with Gasteiger partial charge in [-0.25, -0.2) is 0 Å². The number of carbonyl (C=O) groups is 1. The zero-order valence-corrected chi connectivity index (χ0v) is 15.6. The van der Waals surface area contributed by atoms with E-state index < -0.39 is 0 Å². The Hall–Kier alpha value is -1.95. The Bertz CT molecular complexity index is 665. The molecule has 24 heavy (non-hydrogen) atoms. The van der Waals surface area contributed by atoms with Crippen LogP contribution >= 0.6 is 11.8 Å². The van der Waals surface area contributed by atoms with E-state index in [1.54, 1.807) is 12.0 Å². The zero-order chi connectivity index (χ0) is 17.5. The summed E-state index contributed by atoms with van der Waals surface area (Å²) in [5.41, 5.74) is 3.44. The molecule has 2 aromatic rings. The number of H-pyrrole nitrogens is 1. The summed E-state index contributed by atoms with van der Waals surface area (Å²) >= 11 is 1.54. The summed E-state index contributed by atoms with van der Waals surface area (Å²) in [6.07, 6.45) is 1.88. The fourth-order valence-electron chi connectivity index (χ4n) is 2.51. The minimum Gasteiger partial charge on any atom is -0.497 e. The van der Waals surface area contributed by atoms with Crippen LogP contribution in [0.15, 0.2) is 29.2 Å². The smallest absolute Gasteiger partial charge is 0.232 e. The lowest BCUT2D eigenvalue weighted by Crippen LogP contribution is -2.29. The van der Waals surface area contributed by atoms with Crippen LogP contribution in [0, 0.1) is 13.8 Å². The molecule has 1 aromatic heterocycles. The highest BCUT2D eigenvalue weighted by Crippen LogP contribution is 2.23. The van der Waals surface area contributed by atoms with Gasteiger partial charge in [0.15, 0.2) is 0 Å². The molecule has 0 saturated heterocycles. The van der Waals surface area contributed by atoms with Crippen LogP contribution in [0.25, 0.3) is 0 Å². The third-order valence-corrected chi connectivity index (χ3v) is 5.01. The number of hydrogen-bond donors (Lipinski definition) is 1. The standard InChI is InChI=1S/C18H25N3O2S/c1-13-17(14(2)20-19-13)9-6-10-21(3)18(22)12-24-16-8-5-7-15(11-16)23-4/h5,7-8,11H,6,9-10,12H2,1-4H3,(H,19,20). The first-order chi connectivity index (χ1) is 11.5. The van der Waals surface area contributed by atoms with Gasteiger partial charge in [-0.05, 0) is 50.5 Å². The summed E-state index contributed by atoms with van der Waals surface area (Å²) < 4.78 is 5.20. The number of ether oxygens (including phenoxy) is 1. The van der Waals surface area contributed by atoms with Crippen LogP contribution < -0.4 is 4.74 Å². The number of nitrogens with one attached hydrogen (secondary N) is 1. The van der Waals surface area contributed by atoms with Crippen LogP contribution in [0.1, 0.15) is 23.4 Å². The molecule has 0 atom stereocenters. The molecule has 1 amide bonds. The van der Waals surface area contributed by atoms with Crippen molar-refractivity contribution in [1.29, 1.82) is 0 Å². The number of methoxy groups -OCH3 is 1. The number of benzene rings is 1. The molecule has 0 unspecified atom stereocenters. The van der Waals surface area contributed by atoms with Crippen molar-refractivity contribution < 1.29 is 9.53 Å². The zero-order valence-electron chi connectivity index (χ0n) is 14.8. The number of rotatable bonds is 8. The second-order valence-electron chi connectivity index (χ2n) is 5.80. The number of aryl methyl sites for hydroxylation is 2. The monoisotopic (exact) mass is 347 g/mol. The molecule has 0 spiro atoms. The lowest BCUT2D eigenvalue weighted by molar-refractivity contribution is -0.127. The number of thioether (sulfide) groups is 1. The third kappa shape index (κ3) is 5.03. The average molecular weight is 347 g/mol. The van der Waals surface area contributed by atoms with E-state index >= 15 is 0 Å². The van der Waals surface area contributed by atoms with Crippen LogP contribution in [-0.2, 0) is 11.2 Å². The van der Waals surface area contributed by atoms with Crippen LogP contribution in [0.4, 0.5) is 0 Å². The van der Waals surface area contributed by atoms with Crippen LogP contribution in [-0.4, -0.2) is 47.5 Å². The lowest BCUT2D eigenvalue weighted by atomic mass is 10.1. The van der Waals surface area contributed by atoms with Gasteiger partial charge >= 0.3 is 0 Å². The summed E-state index contributed by atoms with van der Waals surface area (Å²) in [6, 6.07) is 7.77. The molecule has 2 rings (SSSR count). The highest BCUT2D eigenvalue weighted by atomic mass is 32.2. The number of nitrogens with zero attached hydrogens (tertiary/aromatic N) is 2. The number of aromatic nitrogens is 2. The quantitative estimate of drug-likeness (QED) is 0.745. The van der Waals surface area contributed by atoms with Crippen molar-refractivity contribution in [2.75, 3.05) is 26.5 Å². The van der Waals surface area contributed by atoms with Crippen molar-refractivity contribution in [3.05, 3.63) is 41.2 Å². The van der Waals surface area contributed by atoms with Crippen LogP contribution in [0.3, 0.4) is 0 Å². The summed E-state index contributed by atoms with van der Waals surface area (Å²) in [5.74, 6) is 1.39. The predicted molar refractivity (Wildman–Crippen MR) is 97.7 cm³/mol. The molecule has 0 aliphatic carbocycles. The first-order valence-corrected chi connectivity index (χ1v) is 9.01. The molecule has 1 heterocycles. The summed E-state index contributed by atoms with van der Waals surface area (Å²) in [5, 5.41) is 7.21. The largest absolute Gasteiger partial charge is 0.497 e. The van der Waals surface area contributed by atoms with Gasteiger partial charge in [0, 0.05) is 24.2 Å². The Kier molecular flexibility index (Phi) is 6.73. The highest BCUT2D eigenvalue weighted by Gasteiger charge is 2.11. The van der Waals surface area contributed by atoms with Crippen molar-refractivity contribution >= 4 is 17.7 Å². The minimum absolute atomic E-state index is 0.142. The highest BCUT2D eigenvalue weighted by molar-refractivity contribution is 8.00. The second kappa shape index (κ2) is 8.78. The molecule has 0 aliphatic rings. The maximum atomic E-state index is 12.3. The second-order valence-corrected chi connectivity index (χ2v) is 6.85. The average Bonchev–Trinajstić information content (AvgIpc) is 2.91. The van der Waals surface area contributed by atoms with Crippen molar-refractivity contribution in [1.82, 2.24) is 15.1 Å². The molecule has 0 fully saturated rings. The van der Waals surface area contributed by atoms with E-state index in [9.17, 15) is 4.79 Å². The predicted octanol–water partition coefficient (Wildman–Crippen LogP) is 3.22. The van der Waals surface area contributed by atoms with E-state index in [-0.39, 0.29) is 5.91 Å². The molecule has 1 aromatic carbocycles. The van der Waals surface area contributed by atoms with Gasteiger partial charge in [0.1, 0.15) is 5.75 Å². The van der Waals surface area contributed by atoms with Crippen molar-refractivity contribution in [3.63, 3.8) is 0 Å². The minimum atomic E-state index is 0.142. The van der Waals surface area contributed by atoms with Gasteiger partial charge in [-0.2, -0.15) is 5.10 Å². The van der Waals surface area contributed by atoms with Gasteiger partial charge < -0.3 is 9.64 Å². The maximum absolute atomic E-state index is 12.3. The fraction of sp³-hybridized carbons (Fsp3) is 0.444. The van der Waals surface area contributed by atoms with Gasteiger partial charge in [0.05, 0.1) is 18.6 Å². The van der Waals surface area contributed by atoms with Crippen molar-refractivity contribution in [2.45, 2.75) is 31.6 Å². The molecule has 0 aliphatic heterocycles. The molecule has 0 saturated carbocycles. The first-order valence-electron chi connectivity index (χ1n) is 8.02. The van der Waals surface area contributed by atoms with Gasteiger partial charge in [-0.15, -0.1) is 11.8 Å². The summed E-state index contributed by atoms with van der Waals surface area (Å²) in [4.78, 5) is 15.1. The Balaban J connectivity index is 1.75. The first kappa shape index (κ1) is 18.4. The maximum Gasteiger partial charge on any atom is 0.232 e. The van der Waals surface area contributed by atoms with E-state index in [0.717, 1.165) is 41.4 Å². The van der Waals surface area contributed by atoms with Gasteiger partial charge in [-0.3, -0.25) is 9.89 Å². The van der Waals surface area contributed by atoms with E-state index in [1.807, 2.05) is 45.2 Å². The van der Waals surface area contributed by atoms with Crippen LogP contribution in [0.2, 0.25) is 0 Å². The van der Waals surface area contributed by atoms with E-state index in [1.165, 1.54) is 17.3 Å². The summed E-state index contributed by atoms with van der Waals surface area (Å²) in [6.45, 7) is 4.80. The number of carbonyl (C=O) groups excluding carboxylic acids is 1. The van der Waals surface area contributed by atoms with Gasteiger partial charge in [0.2, 0.25) is 5.91 Å². The molecule has 130 valence electrons. The van der Waals surface area contributed by atoms with Crippen molar-refractivity contribution in [3.8, 4) is 5.75 Å². The molecule has 0 radical (unpaired) electrons. The Morgan fingerprint density at radius 1 is 1.38 bits per heavy atom. The Morgan fingerprint density at radius 2 is 2.17 bits per heavy atom. The van der Waals surface area contributed by atoms with Crippen LogP contribution in [0.5, 0.6) is 5.75 Å². The number of hydrogen-bond acceptors (Lipinski definition) is 4. The fourth-order valence-corrected chi connectivity index (χ4v) is 3.39. The van der Waals surface area contributed by atoms with Crippen molar-refractivity contribution in [2.24, 2.45) is 0 Å². The lowest BCUT2D eigenvalue weighted by Gasteiger charge is -2.17. The van der Waals surface area contributed by atoms with E-state index in [2.05, 4.69) is 10.2 Å². The molecule has 0 bridgehead atoms. The molecule has 1 N–H and O–H groups in total. The van der Waals surface area contributed by atoms with Gasteiger partial charge in [0.25, 0.3) is 0 Å². The third-order valence-electron chi connectivity index (χ3n) is 4.03. The molecular formula is C18H25N3O2S. The molecular weight excluding hydrogens is 322 g/mol. The van der Waals surface area contributed by atoms with E-state index in [4.69, 9.17) is 4.74 Å². The van der Waals surface area contributed by atoms with Gasteiger partial charge in [-0.1, -0.05) is 6.07 Å². The topological polar surface area (TPSA) is 58.2 Å². The Labute approximate surface area is 147 Å². The number of aromatic amines is 1. The SMILES string of the molecule is COc1cccc(SCC(=O)N(C)CCCc2c(C)n[nH]c2C)c1. The van der Waals surface area contributed by atoms with E-state index in [0.29, 0.717) is 5.75 Å². The number of amides is 1. The molecule has 5 nitrogen and oxygen atoms in total. The normalized spacial score (nSPS) is 10.7. The molecule has 6 heteroatoms.